The minimum atomic E-state index is 0.136. The smallest absolute Gasteiger partial charge is 0.169 e. The summed E-state index contributed by atoms with van der Waals surface area (Å²) >= 11 is 0. The van der Waals surface area contributed by atoms with Crippen molar-refractivity contribution in [3.63, 3.8) is 0 Å². The lowest BCUT2D eigenvalue weighted by atomic mass is 10.0. The van der Waals surface area contributed by atoms with Gasteiger partial charge in [0.25, 0.3) is 0 Å². The van der Waals surface area contributed by atoms with Gasteiger partial charge in [0.15, 0.2) is 5.82 Å². The molecule has 1 aliphatic heterocycles. The Hall–Kier alpha value is -4.07. The topological polar surface area (TPSA) is 164 Å². The van der Waals surface area contributed by atoms with E-state index < -0.39 is 0 Å². The molecule has 4 rings (SSSR count). The van der Waals surface area contributed by atoms with E-state index in [-0.39, 0.29) is 23.9 Å². The summed E-state index contributed by atoms with van der Waals surface area (Å²) < 4.78 is 5.82. The molecule has 3 aromatic rings. The maximum absolute atomic E-state index is 9.72. The summed E-state index contributed by atoms with van der Waals surface area (Å²) in [5, 5.41) is 13.2. The number of ether oxygens (including phenoxy) is 1. The van der Waals surface area contributed by atoms with E-state index in [2.05, 4.69) is 45.5 Å². The van der Waals surface area contributed by atoms with Crippen molar-refractivity contribution < 1.29 is 4.74 Å². The van der Waals surface area contributed by atoms with E-state index >= 15 is 0 Å². The molecule has 1 aromatic carbocycles. The fourth-order valence-electron chi connectivity index (χ4n) is 4.18. The quantitative estimate of drug-likeness (QED) is 0.273. The first-order valence-corrected chi connectivity index (χ1v) is 11.0. The molecule has 1 aliphatic rings. The van der Waals surface area contributed by atoms with Gasteiger partial charge in [0, 0.05) is 48.6 Å². The molecular weight excluding hydrogens is 430 g/mol. The van der Waals surface area contributed by atoms with Gasteiger partial charge < -0.3 is 31.8 Å². The SMILES string of the molecule is CC1CN(c2ccc(-c3ccc(COc4cc(N)nc(NN)c4N)c(C#N)c3)cn2)CC(C)N1. The highest BCUT2D eigenvalue weighted by atomic mass is 16.5. The number of piperazine rings is 1. The zero-order valence-corrected chi connectivity index (χ0v) is 19.2. The number of benzene rings is 1. The lowest BCUT2D eigenvalue weighted by Crippen LogP contribution is -2.54. The molecule has 10 nitrogen and oxygen atoms in total. The Balaban J connectivity index is 1.50. The van der Waals surface area contributed by atoms with Crippen LogP contribution >= 0.6 is 0 Å². The fourth-order valence-corrected chi connectivity index (χ4v) is 4.18. The standard InChI is InChI=1S/C24H29N9O/c1-14-11-33(12-15(2)30-14)22-6-5-17(10-29-22)16-3-4-18(19(7-16)9-25)13-34-20-8-21(26)31-24(32-28)23(20)27/h3-8,10,14-15,30H,11-13,27-28H2,1-2H3,(H3,26,31,32). The molecule has 2 unspecified atom stereocenters. The summed E-state index contributed by atoms with van der Waals surface area (Å²) in [6.07, 6.45) is 1.85. The Kier molecular flexibility index (Phi) is 6.67. The third-order valence-corrected chi connectivity index (χ3v) is 5.75. The number of nitrogens with zero attached hydrogens (tertiary/aromatic N) is 4. The molecule has 2 aromatic heterocycles. The lowest BCUT2D eigenvalue weighted by Gasteiger charge is -2.36. The van der Waals surface area contributed by atoms with Gasteiger partial charge in [0.05, 0.1) is 11.6 Å². The van der Waals surface area contributed by atoms with Gasteiger partial charge in [-0.2, -0.15) is 5.26 Å². The number of hydrogen-bond acceptors (Lipinski definition) is 10. The van der Waals surface area contributed by atoms with Crippen molar-refractivity contribution in [2.75, 3.05) is 34.9 Å². The minimum absolute atomic E-state index is 0.136. The van der Waals surface area contributed by atoms with Gasteiger partial charge in [-0.25, -0.2) is 15.8 Å². The molecule has 0 saturated carbocycles. The Morgan fingerprint density at radius 2 is 1.88 bits per heavy atom. The highest BCUT2D eigenvalue weighted by Gasteiger charge is 2.21. The molecule has 0 amide bonds. The van der Waals surface area contributed by atoms with Crippen LogP contribution in [0.4, 0.5) is 23.1 Å². The molecule has 34 heavy (non-hydrogen) atoms. The number of aromatic nitrogens is 2. The lowest BCUT2D eigenvalue weighted by molar-refractivity contribution is 0.307. The third kappa shape index (κ3) is 4.96. The number of hydrogen-bond donors (Lipinski definition) is 5. The molecule has 0 spiro atoms. The van der Waals surface area contributed by atoms with E-state index in [1.54, 1.807) is 0 Å². The van der Waals surface area contributed by atoms with E-state index in [4.69, 9.17) is 22.0 Å². The average Bonchev–Trinajstić information content (AvgIpc) is 2.83. The zero-order chi connectivity index (χ0) is 24.2. The summed E-state index contributed by atoms with van der Waals surface area (Å²) in [6.45, 7) is 6.33. The van der Waals surface area contributed by atoms with Crippen LogP contribution in [0.2, 0.25) is 0 Å². The molecule has 3 heterocycles. The molecule has 10 heteroatoms. The van der Waals surface area contributed by atoms with Gasteiger partial charge in [-0.1, -0.05) is 12.1 Å². The van der Waals surface area contributed by atoms with E-state index in [9.17, 15) is 5.26 Å². The summed E-state index contributed by atoms with van der Waals surface area (Å²) in [4.78, 5) is 11.0. The summed E-state index contributed by atoms with van der Waals surface area (Å²) in [5.41, 5.74) is 17.5. The van der Waals surface area contributed by atoms with Gasteiger partial charge in [0.2, 0.25) is 0 Å². The molecule has 176 valence electrons. The first-order chi connectivity index (χ1) is 16.4. The highest BCUT2D eigenvalue weighted by Crippen LogP contribution is 2.31. The second-order valence-electron chi connectivity index (χ2n) is 8.50. The van der Waals surface area contributed by atoms with E-state index in [0.717, 1.165) is 35.6 Å². The average molecular weight is 460 g/mol. The van der Waals surface area contributed by atoms with E-state index in [1.807, 2.05) is 36.5 Å². The molecule has 0 bridgehead atoms. The van der Waals surface area contributed by atoms with E-state index in [1.165, 1.54) is 6.07 Å². The molecule has 1 saturated heterocycles. The van der Waals surface area contributed by atoms with Crippen LogP contribution < -0.4 is 37.7 Å². The number of hydrazine groups is 1. The van der Waals surface area contributed by atoms with Crippen LogP contribution in [0.25, 0.3) is 11.1 Å². The van der Waals surface area contributed by atoms with Crippen LogP contribution in [0, 0.1) is 11.3 Å². The second kappa shape index (κ2) is 9.82. The van der Waals surface area contributed by atoms with Crippen molar-refractivity contribution in [2.45, 2.75) is 32.5 Å². The minimum Gasteiger partial charge on any atom is -0.486 e. The van der Waals surface area contributed by atoms with Crippen molar-refractivity contribution in [3.8, 4) is 22.9 Å². The van der Waals surface area contributed by atoms with Crippen LogP contribution in [-0.4, -0.2) is 35.1 Å². The maximum Gasteiger partial charge on any atom is 0.169 e. The van der Waals surface area contributed by atoms with Gasteiger partial charge in [0.1, 0.15) is 29.7 Å². The van der Waals surface area contributed by atoms with Crippen molar-refractivity contribution in [2.24, 2.45) is 5.84 Å². The van der Waals surface area contributed by atoms with Crippen LogP contribution in [0.5, 0.6) is 5.75 Å². The first-order valence-electron chi connectivity index (χ1n) is 11.0. The largest absolute Gasteiger partial charge is 0.486 e. The molecule has 8 N–H and O–H groups in total. The van der Waals surface area contributed by atoms with Gasteiger partial charge in [-0.3, -0.25) is 0 Å². The Morgan fingerprint density at radius 3 is 2.53 bits per heavy atom. The fraction of sp³-hybridized carbons (Fsp3) is 0.292. The Morgan fingerprint density at radius 1 is 1.15 bits per heavy atom. The summed E-state index contributed by atoms with van der Waals surface area (Å²) in [6, 6.07) is 14.3. The highest BCUT2D eigenvalue weighted by molar-refractivity contribution is 5.72. The number of anilines is 4. The van der Waals surface area contributed by atoms with Crippen LogP contribution in [0.15, 0.2) is 42.6 Å². The Labute approximate surface area is 198 Å². The number of nitrogens with two attached hydrogens (primary N) is 3. The van der Waals surface area contributed by atoms with Gasteiger partial charge >= 0.3 is 0 Å². The van der Waals surface area contributed by atoms with Gasteiger partial charge in [-0.05, 0) is 37.6 Å². The second-order valence-corrected chi connectivity index (χ2v) is 8.50. The first kappa shape index (κ1) is 23.1. The molecule has 1 fully saturated rings. The third-order valence-electron chi connectivity index (χ3n) is 5.75. The van der Waals surface area contributed by atoms with Gasteiger partial charge in [-0.15, -0.1) is 0 Å². The van der Waals surface area contributed by atoms with Crippen molar-refractivity contribution in [1.29, 1.82) is 5.26 Å². The molecular formula is C24H29N9O. The number of pyridine rings is 2. The molecule has 0 radical (unpaired) electrons. The number of nitrogens with one attached hydrogen (secondary N) is 2. The van der Waals surface area contributed by atoms with Crippen molar-refractivity contribution in [3.05, 3.63) is 53.7 Å². The molecule has 0 aliphatic carbocycles. The zero-order valence-electron chi connectivity index (χ0n) is 19.2. The monoisotopic (exact) mass is 459 g/mol. The number of rotatable bonds is 6. The van der Waals surface area contributed by atoms with Crippen LogP contribution in [-0.2, 0) is 6.61 Å². The van der Waals surface area contributed by atoms with Crippen LogP contribution in [0.1, 0.15) is 25.0 Å². The number of nitrogen functional groups attached to an aromatic ring is 3. The normalized spacial score (nSPS) is 17.8. The molecule has 2 atom stereocenters. The van der Waals surface area contributed by atoms with E-state index in [0.29, 0.717) is 23.4 Å². The predicted octanol–water partition coefficient (Wildman–Crippen LogP) is 2.23. The number of nitriles is 1. The summed E-state index contributed by atoms with van der Waals surface area (Å²) in [5.74, 6) is 7.16. The van der Waals surface area contributed by atoms with Crippen molar-refractivity contribution in [1.82, 2.24) is 15.3 Å². The van der Waals surface area contributed by atoms with Crippen LogP contribution in [0.3, 0.4) is 0 Å². The van der Waals surface area contributed by atoms with Crippen molar-refractivity contribution >= 4 is 23.1 Å². The Bertz CT molecular complexity index is 1200. The maximum atomic E-state index is 9.72. The summed E-state index contributed by atoms with van der Waals surface area (Å²) in [7, 11) is 0. The predicted molar refractivity (Wildman–Crippen MR) is 134 cm³/mol.